The van der Waals surface area contributed by atoms with Gasteiger partial charge < -0.3 is 14.6 Å². The van der Waals surface area contributed by atoms with Crippen molar-refractivity contribution in [3.8, 4) is 11.5 Å². The lowest BCUT2D eigenvalue weighted by molar-refractivity contribution is -0.139. The zero-order valence-electron chi connectivity index (χ0n) is 10.3. The van der Waals surface area contributed by atoms with Crippen LogP contribution in [-0.4, -0.2) is 18.2 Å². The Morgan fingerprint density at radius 1 is 1.44 bits per heavy atom. The summed E-state index contributed by atoms with van der Waals surface area (Å²) in [5.41, 5.74) is 1.41. The number of hydrogen-bond acceptors (Lipinski definition) is 4. The van der Waals surface area contributed by atoms with Crippen LogP contribution in [0.15, 0.2) is 37.4 Å². The lowest BCUT2D eigenvalue weighted by Crippen LogP contribution is -2.02. The minimum absolute atomic E-state index is 0.0258. The van der Waals surface area contributed by atoms with Gasteiger partial charge in [-0.15, -0.1) is 6.58 Å². The van der Waals surface area contributed by atoms with Gasteiger partial charge in [-0.25, -0.2) is 4.79 Å². The van der Waals surface area contributed by atoms with Crippen LogP contribution in [0.25, 0.3) is 0 Å². The summed E-state index contributed by atoms with van der Waals surface area (Å²) in [5.74, 6) is -0.219. The molecule has 96 valence electrons. The summed E-state index contributed by atoms with van der Waals surface area (Å²) in [6.45, 7) is 6.92. The second-order valence-corrected chi connectivity index (χ2v) is 3.61. The smallest absolute Gasteiger partial charge is 0.330 e. The van der Waals surface area contributed by atoms with Crippen LogP contribution >= 0.6 is 0 Å². The molecule has 0 atom stereocenters. The summed E-state index contributed by atoms with van der Waals surface area (Å²) in [4.78, 5) is 11.0. The highest BCUT2D eigenvalue weighted by Crippen LogP contribution is 2.32. The molecule has 0 bridgehead atoms. The van der Waals surface area contributed by atoms with Crippen molar-refractivity contribution in [1.82, 2.24) is 0 Å². The van der Waals surface area contributed by atoms with E-state index in [0.29, 0.717) is 17.7 Å². The fourth-order valence-corrected chi connectivity index (χ4v) is 1.49. The largest absolute Gasteiger partial charge is 0.504 e. The van der Waals surface area contributed by atoms with Crippen molar-refractivity contribution in [2.75, 3.05) is 7.11 Å². The van der Waals surface area contributed by atoms with E-state index in [0.717, 1.165) is 11.6 Å². The predicted octanol–water partition coefficient (Wildman–Crippen LogP) is 2.36. The fourth-order valence-electron chi connectivity index (χ4n) is 1.49. The van der Waals surface area contributed by atoms with E-state index in [1.165, 1.54) is 7.11 Å². The number of ether oxygens (including phenoxy) is 2. The number of rotatable bonds is 6. The van der Waals surface area contributed by atoms with Gasteiger partial charge >= 0.3 is 5.97 Å². The van der Waals surface area contributed by atoms with Gasteiger partial charge in [0.15, 0.2) is 11.5 Å². The van der Waals surface area contributed by atoms with Crippen LogP contribution in [0.2, 0.25) is 0 Å². The molecule has 0 heterocycles. The zero-order valence-corrected chi connectivity index (χ0v) is 10.3. The van der Waals surface area contributed by atoms with Gasteiger partial charge in [0.25, 0.3) is 0 Å². The maximum absolute atomic E-state index is 11.0. The average molecular weight is 248 g/mol. The molecule has 0 aliphatic heterocycles. The Hall–Kier alpha value is -2.23. The Balaban J connectivity index is 3.00. The summed E-state index contributed by atoms with van der Waals surface area (Å²) in [6, 6.07) is 3.46. The van der Waals surface area contributed by atoms with E-state index in [1.54, 1.807) is 18.2 Å². The molecule has 4 heteroatoms. The fraction of sp³-hybridized carbons (Fsp3) is 0.214. The minimum Gasteiger partial charge on any atom is -0.504 e. The lowest BCUT2D eigenvalue weighted by atomic mass is 10.1. The Morgan fingerprint density at radius 3 is 2.72 bits per heavy atom. The van der Waals surface area contributed by atoms with Crippen LogP contribution in [0.4, 0.5) is 0 Å². The molecule has 1 N–H and O–H groups in total. The van der Waals surface area contributed by atoms with Crippen LogP contribution in [0, 0.1) is 0 Å². The lowest BCUT2D eigenvalue weighted by Gasteiger charge is -2.11. The maximum atomic E-state index is 11.0. The van der Waals surface area contributed by atoms with E-state index >= 15 is 0 Å². The molecular weight excluding hydrogens is 232 g/mol. The van der Waals surface area contributed by atoms with Crippen molar-refractivity contribution in [2.45, 2.75) is 13.0 Å². The Labute approximate surface area is 106 Å². The molecular formula is C14H16O4. The van der Waals surface area contributed by atoms with Crippen molar-refractivity contribution in [2.24, 2.45) is 0 Å². The van der Waals surface area contributed by atoms with Gasteiger partial charge in [-0.2, -0.15) is 0 Å². The molecule has 0 amide bonds. The van der Waals surface area contributed by atoms with E-state index in [4.69, 9.17) is 9.47 Å². The summed E-state index contributed by atoms with van der Waals surface area (Å²) in [7, 11) is 1.46. The molecule has 4 nitrogen and oxygen atoms in total. The molecule has 0 saturated heterocycles. The third-order valence-electron chi connectivity index (χ3n) is 2.35. The first-order valence-electron chi connectivity index (χ1n) is 5.41. The summed E-state index contributed by atoms with van der Waals surface area (Å²) in [6.07, 6.45) is 3.45. The first kappa shape index (κ1) is 13.8. The van der Waals surface area contributed by atoms with Crippen LogP contribution in [0.1, 0.15) is 11.1 Å². The summed E-state index contributed by atoms with van der Waals surface area (Å²) >= 11 is 0. The van der Waals surface area contributed by atoms with Gasteiger partial charge in [-0.05, 0) is 24.1 Å². The number of phenols is 1. The van der Waals surface area contributed by atoms with Crippen molar-refractivity contribution < 1.29 is 19.4 Å². The minimum atomic E-state index is -0.539. The molecule has 0 spiro atoms. The van der Waals surface area contributed by atoms with Crippen LogP contribution in [0.5, 0.6) is 11.5 Å². The van der Waals surface area contributed by atoms with Gasteiger partial charge in [-0.3, -0.25) is 0 Å². The Bertz CT molecular complexity index is 463. The van der Waals surface area contributed by atoms with E-state index in [9.17, 15) is 9.90 Å². The predicted molar refractivity (Wildman–Crippen MR) is 68.6 cm³/mol. The summed E-state index contributed by atoms with van der Waals surface area (Å²) in [5, 5.41) is 9.90. The van der Waals surface area contributed by atoms with Crippen molar-refractivity contribution >= 4 is 5.97 Å². The highest BCUT2D eigenvalue weighted by molar-refractivity contribution is 5.81. The molecule has 18 heavy (non-hydrogen) atoms. The maximum Gasteiger partial charge on any atom is 0.330 e. The van der Waals surface area contributed by atoms with Gasteiger partial charge in [-0.1, -0.05) is 12.7 Å². The number of allylic oxidation sites excluding steroid dienone is 1. The first-order chi connectivity index (χ1) is 8.62. The Morgan fingerprint density at radius 2 is 2.17 bits per heavy atom. The summed E-state index contributed by atoms with van der Waals surface area (Å²) < 4.78 is 9.95. The number of benzene rings is 1. The third kappa shape index (κ3) is 3.38. The number of aromatic hydroxyl groups is 1. The molecule has 1 aromatic carbocycles. The zero-order chi connectivity index (χ0) is 13.5. The van der Waals surface area contributed by atoms with Crippen LogP contribution in [-0.2, 0) is 22.6 Å². The number of carbonyl (C=O) groups is 1. The average Bonchev–Trinajstić information content (AvgIpc) is 2.38. The van der Waals surface area contributed by atoms with Gasteiger partial charge in [0.05, 0.1) is 7.11 Å². The molecule has 1 aromatic rings. The number of carbonyl (C=O) groups excluding carboxylic acids is 1. The monoisotopic (exact) mass is 248 g/mol. The molecule has 0 unspecified atom stereocenters. The molecule has 0 aliphatic rings. The molecule has 0 saturated carbocycles. The van der Waals surface area contributed by atoms with E-state index in [1.807, 2.05) is 0 Å². The number of hydrogen-bond donors (Lipinski definition) is 1. The van der Waals surface area contributed by atoms with Crippen molar-refractivity contribution in [3.63, 3.8) is 0 Å². The topological polar surface area (TPSA) is 55.8 Å². The van der Waals surface area contributed by atoms with Crippen molar-refractivity contribution in [3.05, 3.63) is 48.6 Å². The molecule has 0 radical (unpaired) electrons. The number of methoxy groups -OCH3 is 1. The Kier molecular flexibility index (Phi) is 4.99. The van der Waals surface area contributed by atoms with E-state index in [-0.39, 0.29) is 12.4 Å². The second-order valence-electron chi connectivity index (χ2n) is 3.61. The van der Waals surface area contributed by atoms with Crippen molar-refractivity contribution in [1.29, 1.82) is 0 Å². The number of esters is 1. The quantitative estimate of drug-likeness (QED) is 0.477. The van der Waals surface area contributed by atoms with E-state index in [2.05, 4.69) is 13.2 Å². The molecule has 0 aliphatic carbocycles. The van der Waals surface area contributed by atoms with Gasteiger partial charge in [0.1, 0.15) is 6.61 Å². The van der Waals surface area contributed by atoms with Crippen LogP contribution < -0.4 is 4.74 Å². The van der Waals surface area contributed by atoms with E-state index < -0.39 is 5.97 Å². The standard InChI is InChI=1S/C14H16O4/c1-4-6-10-7-11(9-18-13(15)5-2)14(16)12(8-10)17-3/h4-5,7-8,16H,1-2,6,9H2,3H3. The van der Waals surface area contributed by atoms with Crippen LogP contribution in [0.3, 0.4) is 0 Å². The molecule has 1 rings (SSSR count). The number of phenolic OH excluding ortho intramolecular Hbond substituents is 1. The molecule has 0 fully saturated rings. The first-order valence-corrected chi connectivity index (χ1v) is 5.41. The SMILES string of the molecule is C=CCc1cc(COC(=O)C=C)c(O)c(OC)c1. The normalized spacial score (nSPS) is 9.61. The molecule has 0 aromatic heterocycles. The third-order valence-corrected chi connectivity index (χ3v) is 2.35. The highest BCUT2D eigenvalue weighted by Gasteiger charge is 2.11. The van der Waals surface area contributed by atoms with Gasteiger partial charge in [0, 0.05) is 11.6 Å². The van der Waals surface area contributed by atoms with Gasteiger partial charge in [0.2, 0.25) is 0 Å². The highest BCUT2D eigenvalue weighted by atomic mass is 16.5. The second kappa shape index (κ2) is 6.49.